The summed E-state index contributed by atoms with van der Waals surface area (Å²) in [4.78, 5) is 4.26. The number of ether oxygens (including phenoxy) is 1. The highest BCUT2D eigenvalue weighted by Crippen LogP contribution is 2.56. The predicted molar refractivity (Wildman–Crippen MR) is 77.4 cm³/mol. The van der Waals surface area contributed by atoms with Crippen molar-refractivity contribution in [3.63, 3.8) is 0 Å². The lowest BCUT2D eigenvalue weighted by Crippen LogP contribution is -2.21. The van der Waals surface area contributed by atoms with E-state index in [4.69, 9.17) is 4.74 Å². The number of nitrogens with zero attached hydrogens (tertiary/aromatic N) is 1. The van der Waals surface area contributed by atoms with E-state index in [9.17, 15) is 0 Å². The summed E-state index contributed by atoms with van der Waals surface area (Å²) in [5.74, 6) is 3.10. The summed E-state index contributed by atoms with van der Waals surface area (Å²) < 4.78 is 6.29. The van der Waals surface area contributed by atoms with E-state index in [1.165, 1.54) is 5.56 Å². The molecule has 0 radical (unpaired) electrons. The molecule has 4 rings (SSSR count). The molecule has 0 amide bonds. The second-order valence-electron chi connectivity index (χ2n) is 5.70. The molecule has 1 aromatic carbocycles. The number of pyridine rings is 1. The summed E-state index contributed by atoms with van der Waals surface area (Å²) in [5.41, 5.74) is 1.19. The molecular weight excluding hydrogens is 248 g/mol. The molecule has 20 heavy (non-hydrogen) atoms. The zero-order chi connectivity index (χ0) is 13.4. The Hall–Kier alpha value is -1.87. The Morgan fingerprint density at radius 2 is 1.85 bits per heavy atom. The second kappa shape index (κ2) is 4.91. The molecule has 3 heteroatoms. The molecule has 1 aliphatic heterocycles. The number of rotatable bonds is 4. The van der Waals surface area contributed by atoms with Crippen molar-refractivity contribution in [2.45, 2.75) is 6.10 Å². The minimum Gasteiger partial charge on any atom is -0.485 e. The van der Waals surface area contributed by atoms with Crippen LogP contribution in [-0.2, 0) is 0 Å². The van der Waals surface area contributed by atoms with Gasteiger partial charge >= 0.3 is 0 Å². The largest absolute Gasteiger partial charge is 0.485 e. The van der Waals surface area contributed by atoms with Crippen LogP contribution in [-0.4, -0.2) is 18.1 Å². The molecule has 3 atom stereocenters. The number of aromatic nitrogens is 1. The number of piperidine rings is 1. The van der Waals surface area contributed by atoms with E-state index in [0.29, 0.717) is 5.92 Å². The van der Waals surface area contributed by atoms with Gasteiger partial charge in [-0.05, 0) is 43.1 Å². The fraction of sp³-hybridized carbons (Fsp3) is 0.353. The molecule has 1 aromatic heterocycles. The van der Waals surface area contributed by atoms with Crippen molar-refractivity contribution >= 4 is 0 Å². The molecule has 2 fully saturated rings. The van der Waals surface area contributed by atoms with Gasteiger partial charge in [-0.1, -0.05) is 24.3 Å². The Kier molecular flexibility index (Phi) is 2.92. The van der Waals surface area contributed by atoms with Crippen molar-refractivity contribution in [1.29, 1.82) is 0 Å². The van der Waals surface area contributed by atoms with Gasteiger partial charge in [-0.3, -0.25) is 4.98 Å². The molecule has 0 spiro atoms. The Morgan fingerprint density at radius 3 is 2.55 bits per heavy atom. The van der Waals surface area contributed by atoms with E-state index in [0.717, 1.165) is 30.7 Å². The van der Waals surface area contributed by atoms with E-state index in [1.54, 1.807) is 0 Å². The van der Waals surface area contributed by atoms with Crippen molar-refractivity contribution in [3.8, 4) is 5.75 Å². The van der Waals surface area contributed by atoms with Crippen LogP contribution in [0.2, 0.25) is 0 Å². The van der Waals surface area contributed by atoms with Crippen LogP contribution in [0, 0.1) is 17.8 Å². The molecule has 3 unspecified atom stereocenters. The summed E-state index contributed by atoms with van der Waals surface area (Å²) >= 11 is 0. The van der Waals surface area contributed by atoms with Gasteiger partial charge in [0.15, 0.2) is 0 Å². The number of para-hydroxylation sites is 1. The highest BCUT2D eigenvalue weighted by molar-refractivity contribution is 5.26. The van der Waals surface area contributed by atoms with Crippen molar-refractivity contribution in [2.75, 3.05) is 13.1 Å². The van der Waals surface area contributed by atoms with Crippen molar-refractivity contribution < 1.29 is 4.74 Å². The average molecular weight is 266 g/mol. The van der Waals surface area contributed by atoms with Gasteiger partial charge in [0.25, 0.3) is 0 Å². The van der Waals surface area contributed by atoms with Crippen LogP contribution < -0.4 is 10.1 Å². The molecule has 1 N–H and O–H groups in total. The monoisotopic (exact) mass is 266 g/mol. The fourth-order valence-corrected chi connectivity index (χ4v) is 3.47. The molecular formula is C17H18N2O. The topological polar surface area (TPSA) is 34.1 Å². The first-order chi connectivity index (χ1) is 9.93. The average Bonchev–Trinajstić information content (AvgIpc) is 2.97. The van der Waals surface area contributed by atoms with Gasteiger partial charge in [-0.15, -0.1) is 0 Å². The first kappa shape index (κ1) is 11.9. The Morgan fingerprint density at radius 1 is 1.05 bits per heavy atom. The Balaban J connectivity index is 1.60. The molecule has 1 aliphatic carbocycles. The van der Waals surface area contributed by atoms with E-state index in [1.807, 2.05) is 48.8 Å². The molecule has 102 valence electrons. The summed E-state index contributed by atoms with van der Waals surface area (Å²) in [5, 5.41) is 3.45. The molecule has 2 heterocycles. The van der Waals surface area contributed by atoms with Gasteiger partial charge in [-0.2, -0.15) is 0 Å². The summed E-state index contributed by atoms with van der Waals surface area (Å²) in [7, 11) is 0. The third-order valence-corrected chi connectivity index (χ3v) is 4.53. The number of hydrogen-bond acceptors (Lipinski definition) is 3. The Bertz CT molecular complexity index is 562. The maximum absolute atomic E-state index is 6.29. The summed E-state index contributed by atoms with van der Waals surface area (Å²) in [6.45, 7) is 2.26. The smallest absolute Gasteiger partial charge is 0.129 e. The number of fused-ring (bicyclic) bond motifs is 1. The third-order valence-electron chi connectivity index (χ3n) is 4.53. The quantitative estimate of drug-likeness (QED) is 0.924. The van der Waals surface area contributed by atoms with Crippen molar-refractivity contribution in [2.24, 2.45) is 17.8 Å². The lowest BCUT2D eigenvalue weighted by Gasteiger charge is -2.21. The highest BCUT2D eigenvalue weighted by Gasteiger charge is 2.57. The lowest BCUT2D eigenvalue weighted by atomic mass is 10.0. The maximum atomic E-state index is 6.29. The molecule has 1 saturated heterocycles. The van der Waals surface area contributed by atoms with Crippen LogP contribution in [0.3, 0.4) is 0 Å². The van der Waals surface area contributed by atoms with E-state index >= 15 is 0 Å². The van der Waals surface area contributed by atoms with Gasteiger partial charge in [0.2, 0.25) is 0 Å². The molecule has 2 aromatic rings. The normalized spacial score (nSPS) is 28.7. The van der Waals surface area contributed by atoms with Crippen LogP contribution >= 0.6 is 0 Å². The first-order valence-electron chi connectivity index (χ1n) is 7.26. The van der Waals surface area contributed by atoms with Crippen LogP contribution in [0.15, 0.2) is 54.9 Å². The van der Waals surface area contributed by atoms with Gasteiger partial charge in [0, 0.05) is 23.9 Å². The standard InChI is InChI=1S/C17H18N2O/c1-2-6-13(7-3-1)20-17(12-5-4-8-18-9-12)16-14-10-19-11-15(14)16/h1-9,14-17,19H,10-11H2. The zero-order valence-corrected chi connectivity index (χ0v) is 11.3. The third kappa shape index (κ3) is 2.08. The zero-order valence-electron chi connectivity index (χ0n) is 11.3. The lowest BCUT2D eigenvalue weighted by molar-refractivity contribution is 0.165. The molecule has 2 aliphatic rings. The fourth-order valence-electron chi connectivity index (χ4n) is 3.47. The second-order valence-corrected chi connectivity index (χ2v) is 5.70. The minimum absolute atomic E-state index is 0.128. The minimum atomic E-state index is 0.128. The first-order valence-corrected chi connectivity index (χ1v) is 7.26. The molecule has 3 nitrogen and oxygen atoms in total. The van der Waals surface area contributed by atoms with Crippen LogP contribution in [0.1, 0.15) is 11.7 Å². The molecule has 0 bridgehead atoms. The maximum Gasteiger partial charge on any atom is 0.129 e. The van der Waals surface area contributed by atoms with Crippen LogP contribution in [0.5, 0.6) is 5.75 Å². The summed E-state index contributed by atoms with van der Waals surface area (Å²) in [6.07, 6.45) is 3.89. The predicted octanol–water partition coefficient (Wildman–Crippen LogP) is 2.67. The van der Waals surface area contributed by atoms with E-state index < -0.39 is 0 Å². The van der Waals surface area contributed by atoms with Gasteiger partial charge in [-0.25, -0.2) is 0 Å². The van der Waals surface area contributed by atoms with Gasteiger partial charge in [0.1, 0.15) is 11.9 Å². The number of nitrogens with one attached hydrogen (secondary N) is 1. The molecule has 1 saturated carbocycles. The van der Waals surface area contributed by atoms with Gasteiger partial charge < -0.3 is 10.1 Å². The van der Waals surface area contributed by atoms with Crippen molar-refractivity contribution in [1.82, 2.24) is 10.3 Å². The van der Waals surface area contributed by atoms with E-state index in [2.05, 4.69) is 16.4 Å². The van der Waals surface area contributed by atoms with Gasteiger partial charge in [0.05, 0.1) is 0 Å². The summed E-state index contributed by atoms with van der Waals surface area (Å²) in [6, 6.07) is 14.2. The highest BCUT2D eigenvalue weighted by atomic mass is 16.5. The SMILES string of the molecule is c1ccc(OC(c2cccnc2)C2C3CNCC32)cc1. The Labute approximate surface area is 119 Å². The van der Waals surface area contributed by atoms with Crippen molar-refractivity contribution in [3.05, 3.63) is 60.4 Å². The number of hydrogen-bond donors (Lipinski definition) is 1. The van der Waals surface area contributed by atoms with Crippen LogP contribution in [0.25, 0.3) is 0 Å². The number of benzene rings is 1. The van der Waals surface area contributed by atoms with Crippen LogP contribution in [0.4, 0.5) is 0 Å². The van der Waals surface area contributed by atoms with E-state index in [-0.39, 0.29) is 6.10 Å².